The first-order chi connectivity index (χ1) is 17.2. The Labute approximate surface area is 219 Å². The van der Waals surface area contributed by atoms with Gasteiger partial charge in [0.05, 0.1) is 12.0 Å². The summed E-state index contributed by atoms with van der Waals surface area (Å²) in [4.78, 5) is 11.6. The largest absolute Gasteiger partial charge is 0.481 e. The highest BCUT2D eigenvalue weighted by Crippen LogP contribution is 2.40. The summed E-state index contributed by atoms with van der Waals surface area (Å²) in [5.41, 5.74) is 0. The van der Waals surface area contributed by atoms with Crippen molar-refractivity contribution in [2.45, 2.75) is 167 Å². The first-order valence-electron chi connectivity index (χ1n) is 15.2. The van der Waals surface area contributed by atoms with Gasteiger partial charge >= 0.3 is 5.97 Å². The average molecular weight is 519 g/mol. The topological polar surface area (TPSA) is 77.8 Å². The van der Waals surface area contributed by atoms with Gasteiger partial charge in [0.25, 0.3) is 5.92 Å². The fourth-order valence-electron chi connectivity index (χ4n) is 5.94. The van der Waals surface area contributed by atoms with E-state index in [1.807, 2.05) is 6.92 Å². The van der Waals surface area contributed by atoms with E-state index in [-0.39, 0.29) is 36.7 Å². The van der Waals surface area contributed by atoms with Crippen LogP contribution in [0, 0.1) is 17.8 Å². The Morgan fingerprint density at radius 2 is 1.36 bits per heavy atom. The highest BCUT2D eigenvalue weighted by molar-refractivity contribution is 5.69. The SMILES string of the molecule is CCCCCCCCCCC(CCCCC[C@@H]1[C@@H](CC[C@@H](O)C(F)(F)CCCC)CC[C@@H]1O)C(=O)O. The van der Waals surface area contributed by atoms with Crippen LogP contribution in [0.3, 0.4) is 0 Å². The van der Waals surface area contributed by atoms with Gasteiger partial charge in [0.2, 0.25) is 0 Å². The van der Waals surface area contributed by atoms with Crippen LogP contribution in [0.25, 0.3) is 0 Å². The van der Waals surface area contributed by atoms with Gasteiger partial charge in [-0.25, -0.2) is 8.78 Å². The maximum absolute atomic E-state index is 14.1. The maximum atomic E-state index is 14.1. The number of halogens is 2. The van der Waals surface area contributed by atoms with Crippen LogP contribution in [-0.2, 0) is 4.79 Å². The summed E-state index contributed by atoms with van der Waals surface area (Å²) in [5, 5.41) is 30.0. The lowest BCUT2D eigenvalue weighted by atomic mass is 9.84. The van der Waals surface area contributed by atoms with Crippen molar-refractivity contribution < 1.29 is 28.9 Å². The lowest BCUT2D eigenvalue weighted by Crippen LogP contribution is -2.34. The molecule has 36 heavy (non-hydrogen) atoms. The van der Waals surface area contributed by atoms with Crippen LogP contribution in [0.2, 0.25) is 0 Å². The van der Waals surface area contributed by atoms with E-state index in [1.54, 1.807) is 0 Å². The number of rotatable bonds is 23. The van der Waals surface area contributed by atoms with Crippen LogP contribution in [-0.4, -0.2) is 39.4 Å². The molecule has 1 aliphatic carbocycles. The molecule has 6 heteroatoms. The molecule has 0 saturated heterocycles. The van der Waals surface area contributed by atoms with E-state index in [4.69, 9.17) is 0 Å². The second-order valence-corrected chi connectivity index (χ2v) is 11.5. The lowest BCUT2D eigenvalue weighted by molar-refractivity contribution is -0.142. The smallest absolute Gasteiger partial charge is 0.306 e. The fraction of sp³-hybridized carbons (Fsp3) is 0.967. The zero-order chi connectivity index (χ0) is 26.8. The molecule has 4 nitrogen and oxygen atoms in total. The van der Waals surface area contributed by atoms with Gasteiger partial charge in [0.15, 0.2) is 0 Å². The normalized spacial score (nSPS) is 22.1. The number of alkyl halides is 2. The van der Waals surface area contributed by atoms with Gasteiger partial charge in [0.1, 0.15) is 6.10 Å². The Kier molecular flexibility index (Phi) is 17.9. The molecule has 0 aliphatic heterocycles. The van der Waals surface area contributed by atoms with E-state index >= 15 is 0 Å². The zero-order valence-electron chi connectivity index (χ0n) is 23.2. The van der Waals surface area contributed by atoms with Crippen LogP contribution < -0.4 is 0 Å². The molecule has 1 rings (SSSR count). The lowest BCUT2D eigenvalue weighted by Gasteiger charge is -2.26. The number of hydrogen-bond donors (Lipinski definition) is 3. The molecule has 1 fully saturated rings. The molecule has 214 valence electrons. The molecule has 0 heterocycles. The van der Waals surface area contributed by atoms with E-state index in [0.29, 0.717) is 32.1 Å². The maximum Gasteiger partial charge on any atom is 0.306 e. The number of aliphatic hydroxyl groups excluding tert-OH is 2. The molecule has 0 spiro atoms. The van der Waals surface area contributed by atoms with Crippen molar-refractivity contribution in [1.29, 1.82) is 0 Å². The van der Waals surface area contributed by atoms with E-state index in [1.165, 1.54) is 38.5 Å². The Morgan fingerprint density at radius 3 is 1.94 bits per heavy atom. The molecule has 0 aromatic carbocycles. The number of aliphatic carboxylic acids is 1. The van der Waals surface area contributed by atoms with E-state index in [9.17, 15) is 28.9 Å². The Balaban J connectivity index is 2.26. The second kappa shape index (κ2) is 19.3. The predicted octanol–water partition coefficient (Wildman–Crippen LogP) is 8.52. The number of carboxylic acid groups (broad SMARTS) is 1. The summed E-state index contributed by atoms with van der Waals surface area (Å²) in [6.45, 7) is 4.09. The molecule has 0 aromatic heterocycles. The molecule has 0 radical (unpaired) electrons. The quantitative estimate of drug-likeness (QED) is 0.118. The second-order valence-electron chi connectivity index (χ2n) is 11.5. The Hall–Kier alpha value is -0.750. The molecule has 5 atom stereocenters. The van der Waals surface area contributed by atoms with Gasteiger partial charge < -0.3 is 15.3 Å². The number of unbranched alkanes of at least 4 members (excludes halogenated alkanes) is 10. The monoisotopic (exact) mass is 518 g/mol. The van der Waals surface area contributed by atoms with Crippen molar-refractivity contribution in [3.8, 4) is 0 Å². The van der Waals surface area contributed by atoms with Crippen molar-refractivity contribution in [1.82, 2.24) is 0 Å². The van der Waals surface area contributed by atoms with Crippen LogP contribution in [0.15, 0.2) is 0 Å². The minimum absolute atomic E-state index is 0.0869. The standard InChI is InChI=1S/C30H56F2O4/c1-3-5-7-8-9-10-11-13-16-25(29(35)36)17-14-12-15-18-26-24(19-21-27(26)33)20-22-28(34)30(31,32)23-6-4-2/h24-28,33-34H,3-23H2,1-2H3,(H,35,36)/t24-,25?,26-,27+,28-/m1/s1. The van der Waals surface area contributed by atoms with Crippen molar-refractivity contribution in [3.63, 3.8) is 0 Å². The highest BCUT2D eigenvalue weighted by Gasteiger charge is 2.39. The summed E-state index contributed by atoms with van der Waals surface area (Å²) < 4.78 is 28.2. The number of aliphatic hydroxyl groups is 2. The third kappa shape index (κ3) is 13.7. The summed E-state index contributed by atoms with van der Waals surface area (Å²) in [6, 6.07) is 0. The third-order valence-corrected chi connectivity index (χ3v) is 8.44. The van der Waals surface area contributed by atoms with Gasteiger partial charge in [-0.15, -0.1) is 0 Å². The minimum Gasteiger partial charge on any atom is -0.481 e. The van der Waals surface area contributed by atoms with Crippen molar-refractivity contribution in [2.24, 2.45) is 17.8 Å². The van der Waals surface area contributed by atoms with Crippen LogP contribution >= 0.6 is 0 Å². The summed E-state index contributed by atoms with van der Waals surface area (Å²) >= 11 is 0. The molecule has 0 bridgehead atoms. The molecule has 1 saturated carbocycles. The number of carbonyl (C=O) groups is 1. The molecule has 3 N–H and O–H groups in total. The summed E-state index contributed by atoms with van der Waals surface area (Å²) in [6.07, 6.45) is 15.8. The van der Waals surface area contributed by atoms with E-state index in [2.05, 4.69) is 6.92 Å². The summed E-state index contributed by atoms with van der Waals surface area (Å²) in [7, 11) is 0. The van der Waals surface area contributed by atoms with Gasteiger partial charge in [-0.3, -0.25) is 4.79 Å². The number of hydrogen-bond acceptors (Lipinski definition) is 3. The van der Waals surface area contributed by atoms with Gasteiger partial charge in [-0.05, 0) is 63.2 Å². The molecular weight excluding hydrogens is 462 g/mol. The highest BCUT2D eigenvalue weighted by atomic mass is 19.3. The Bertz CT molecular complexity index is 557. The van der Waals surface area contributed by atoms with Gasteiger partial charge in [-0.1, -0.05) is 90.9 Å². The number of carboxylic acids is 1. The fourth-order valence-corrected chi connectivity index (χ4v) is 5.94. The van der Waals surface area contributed by atoms with Crippen molar-refractivity contribution in [2.75, 3.05) is 0 Å². The molecule has 1 aliphatic rings. The van der Waals surface area contributed by atoms with E-state index < -0.39 is 18.0 Å². The summed E-state index contributed by atoms with van der Waals surface area (Å²) in [5.74, 6) is -3.68. The first kappa shape index (κ1) is 33.3. The van der Waals surface area contributed by atoms with E-state index in [0.717, 1.165) is 51.4 Å². The predicted molar refractivity (Wildman–Crippen MR) is 143 cm³/mol. The molecule has 0 aromatic rings. The van der Waals surface area contributed by atoms with Crippen LogP contribution in [0.4, 0.5) is 8.78 Å². The molecule has 1 unspecified atom stereocenters. The minimum atomic E-state index is -3.03. The van der Waals surface area contributed by atoms with Crippen molar-refractivity contribution in [3.05, 3.63) is 0 Å². The average Bonchev–Trinajstić information content (AvgIpc) is 3.20. The zero-order valence-corrected chi connectivity index (χ0v) is 23.2. The van der Waals surface area contributed by atoms with Gasteiger partial charge in [-0.2, -0.15) is 0 Å². The first-order valence-corrected chi connectivity index (χ1v) is 15.2. The van der Waals surface area contributed by atoms with Crippen LogP contribution in [0.5, 0.6) is 0 Å². The third-order valence-electron chi connectivity index (χ3n) is 8.44. The van der Waals surface area contributed by atoms with Gasteiger partial charge in [0, 0.05) is 6.42 Å². The molecular formula is C30H56F2O4. The molecule has 0 amide bonds. The Morgan fingerprint density at radius 1 is 0.806 bits per heavy atom. The van der Waals surface area contributed by atoms with Crippen molar-refractivity contribution >= 4 is 5.97 Å². The van der Waals surface area contributed by atoms with Crippen LogP contribution in [0.1, 0.15) is 149 Å².